The molecule has 27 heavy (non-hydrogen) atoms. The predicted octanol–water partition coefficient (Wildman–Crippen LogP) is 6.00. The molecule has 3 aromatic rings. The highest BCUT2D eigenvalue weighted by Gasteiger charge is 2.25. The molecule has 0 radical (unpaired) electrons. The zero-order valence-electron chi connectivity index (χ0n) is 16.8. The molecule has 0 bridgehead atoms. The highest BCUT2D eigenvalue weighted by atomic mass is 32.2. The second-order valence-electron chi connectivity index (χ2n) is 7.25. The molecule has 0 saturated carbocycles. The molecule has 0 N–H and O–H groups in total. The van der Waals surface area contributed by atoms with Gasteiger partial charge in [-0.2, -0.15) is 4.57 Å². The third kappa shape index (κ3) is 3.04. The van der Waals surface area contributed by atoms with Crippen LogP contribution in [0.1, 0.15) is 36.2 Å². The third-order valence-corrected chi connectivity index (χ3v) is 6.66. The summed E-state index contributed by atoms with van der Waals surface area (Å²) in [4.78, 5) is 3.76. The number of hydrogen-bond donors (Lipinski definition) is 0. The monoisotopic (exact) mass is 375 g/mol. The Morgan fingerprint density at radius 2 is 1.70 bits per heavy atom. The Labute approximate surface area is 166 Å². The molecule has 1 aliphatic rings. The summed E-state index contributed by atoms with van der Waals surface area (Å²) in [5.74, 6) is 0. The molecule has 0 fully saturated rings. The number of fused-ring (bicyclic) bond motifs is 2. The number of aryl methyl sites for hydroxylation is 4. The van der Waals surface area contributed by atoms with E-state index in [1.54, 1.807) is 0 Å². The van der Waals surface area contributed by atoms with E-state index in [4.69, 9.17) is 0 Å². The fourth-order valence-electron chi connectivity index (χ4n) is 3.94. The molecule has 1 aliphatic heterocycles. The number of thioether (sulfide) groups is 1. The zero-order chi connectivity index (χ0) is 19.1. The topological polar surface area (TPSA) is 7.12 Å². The number of hydrogen-bond acceptors (Lipinski definition) is 2. The Morgan fingerprint density at radius 3 is 2.44 bits per heavy atom. The van der Waals surface area contributed by atoms with E-state index < -0.39 is 0 Å². The van der Waals surface area contributed by atoms with Crippen LogP contribution in [0.4, 0.5) is 5.69 Å². The van der Waals surface area contributed by atoms with Crippen LogP contribution in [0.5, 0.6) is 0 Å². The Hall–Kier alpha value is -2.26. The fraction of sp³-hybridized carbons (Fsp3) is 0.292. The number of pyridine rings is 1. The lowest BCUT2D eigenvalue weighted by Gasteiger charge is -2.18. The standard InChI is InChI=1S/C24H27N2S/c1-6-25-19(12-18(5)20-13-16(3)17(4)14-22(20)25)15-24-26(7-2)21-10-8-9-11-23(21)27-24/h8-15H,6-7H2,1-5H3/q+1. The van der Waals surface area contributed by atoms with Crippen LogP contribution in [-0.4, -0.2) is 6.54 Å². The Bertz CT molecular complexity index is 1070. The van der Waals surface area contributed by atoms with Crippen molar-refractivity contribution in [2.24, 2.45) is 0 Å². The van der Waals surface area contributed by atoms with E-state index in [9.17, 15) is 0 Å². The zero-order valence-corrected chi connectivity index (χ0v) is 17.7. The average Bonchev–Trinajstić information content (AvgIpc) is 3.01. The van der Waals surface area contributed by atoms with Crippen LogP contribution in [0, 0.1) is 20.8 Å². The van der Waals surface area contributed by atoms with Gasteiger partial charge in [0.2, 0.25) is 11.2 Å². The maximum Gasteiger partial charge on any atom is 0.213 e. The first-order valence-electron chi connectivity index (χ1n) is 9.74. The van der Waals surface area contributed by atoms with Crippen molar-refractivity contribution in [3.05, 3.63) is 69.9 Å². The number of nitrogens with zero attached hydrogens (tertiary/aromatic N) is 2. The minimum atomic E-state index is 0.960. The molecule has 0 spiro atoms. The quantitative estimate of drug-likeness (QED) is 0.518. The van der Waals surface area contributed by atoms with Gasteiger partial charge in [-0.05, 0) is 69.5 Å². The van der Waals surface area contributed by atoms with E-state index in [1.165, 1.54) is 48.9 Å². The van der Waals surface area contributed by atoms with Gasteiger partial charge >= 0.3 is 0 Å². The largest absolute Gasteiger partial charge is 0.335 e. The van der Waals surface area contributed by atoms with Crippen molar-refractivity contribution in [2.45, 2.75) is 46.1 Å². The van der Waals surface area contributed by atoms with Gasteiger partial charge in [0.25, 0.3) is 0 Å². The van der Waals surface area contributed by atoms with Crippen molar-refractivity contribution in [1.82, 2.24) is 0 Å². The molecule has 0 amide bonds. The van der Waals surface area contributed by atoms with E-state index in [1.807, 2.05) is 11.8 Å². The van der Waals surface area contributed by atoms with Crippen molar-refractivity contribution in [1.29, 1.82) is 0 Å². The van der Waals surface area contributed by atoms with Crippen molar-refractivity contribution in [2.75, 3.05) is 11.4 Å². The normalized spacial score (nSPS) is 15.0. The summed E-state index contributed by atoms with van der Waals surface area (Å²) < 4.78 is 2.44. The minimum Gasteiger partial charge on any atom is -0.335 e. The number of aromatic nitrogens is 1. The molecule has 0 aliphatic carbocycles. The molecule has 2 heterocycles. The fourth-order valence-corrected chi connectivity index (χ4v) is 5.11. The highest BCUT2D eigenvalue weighted by Crippen LogP contribution is 2.46. The van der Waals surface area contributed by atoms with Crippen LogP contribution < -0.4 is 9.47 Å². The van der Waals surface area contributed by atoms with Gasteiger partial charge in [0, 0.05) is 35.0 Å². The molecule has 4 rings (SSSR count). The number of benzene rings is 2. The third-order valence-electron chi connectivity index (χ3n) is 5.54. The van der Waals surface area contributed by atoms with Crippen LogP contribution in [-0.2, 0) is 6.54 Å². The molecule has 3 heteroatoms. The summed E-state index contributed by atoms with van der Waals surface area (Å²) in [5.41, 5.74) is 7.98. The van der Waals surface area contributed by atoms with Gasteiger partial charge in [-0.3, -0.25) is 0 Å². The molecule has 0 unspecified atom stereocenters. The van der Waals surface area contributed by atoms with Crippen molar-refractivity contribution in [3.63, 3.8) is 0 Å². The van der Waals surface area contributed by atoms with Crippen LogP contribution in [0.2, 0.25) is 0 Å². The van der Waals surface area contributed by atoms with Crippen molar-refractivity contribution < 1.29 is 4.57 Å². The van der Waals surface area contributed by atoms with Gasteiger partial charge < -0.3 is 4.90 Å². The van der Waals surface area contributed by atoms with Gasteiger partial charge in [-0.15, -0.1) is 0 Å². The van der Waals surface area contributed by atoms with E-state index in [0.717, 1.165) is 13.1 Å². The molecule has 0 saturated heterocycles. The lowest BCUT2D eigenvalue weighted by molar-refractivity contribution is -0.669. The maximum absolute atomic E-state index is 2.44. The first kappa shape index (κ1) is 18.1. The summed E-state index contributed by atoms with van der Waals surface area (Å²) in [6.45, 7) is 13.0. The minimum absolute atomic E-state index is 0.960. The maximum atomic E-state index is 2.44. The van der Waals surface area contributed by atoms with Crippen LogP contribution >= 0.6 is 11.8 Å². The van der Waals surface area contributed by atoms with Crippen molar-refractivity contribution >= 4 is 34.4 Å². The number of anilines is 1. The van der Waals surface area contributed by atoms with Crippen LogP contribution in [0.15, 0.2) is 52.4 Å². The predicted molar refractivity (Wildman–Crippen MR) is 117 cm³/mol. The van der Waals surface area contributed by atoms with Gasteiger partial charge in [0.05, 0.1) is 10.7 Å². The SMILES string of the molecule is CCN1/C(=C/c2cc(C)c3cc(C)c(C)cc3[n+]2CC)Sc2ccccc21. The average molecular weight is 376 g/mol. The summed E-state index contributed by atoms with van der Waals surface area (Å²) >= 11 is 1.87. The molecule has 138 valence electrons. The van der Waals surface area contributed by atoms with Crippen LogP contribution in [0.25, 0.3) is 17.0 Å². The Balaban J connectivity index is 1.90. The first-order valence-corrected chi connectivity index (χ1v) is 10.6. The van der Waals surface area contributed by atoms with Crippen LogP contribution in [0.3, 0.4) is 0 Å². The molecular weight excluding hydrogens is 348 g/mol. The van der Waals surface area contributed by atoms with E-state index in [2.05, 4.69) is 92.6 Å². The second-order valence-corrected chi connectivity index (χ2v) is 8.31. The lowest BCUT2D eigenvalue weighted by atomic mass is 10.0. The van der Waals surface area contributed by atoms with Gasteiger partial charge in [0.1, 0.15) is 6.54 Å². The first-order chi connectivity index (χ1) is 13.0. The number of para-hydroxylation sites is 1. The molecule has 2 aromatic carbocycles. The number of rotatable bonds is 3. The van der Waals surface area contributed by atoms with Crippen molar-refractivity contribution in [3.8, 4) is 0 Å². The lowest BCUT2D eigenvalue weighted by Crippen LogP contribution is -2.37. The summed E-state index contributed by atoms with van der Waals surface area (Å²) in [6.07, 6.45) is 2.36. The highest BCUT2D eigenvalue weighted by molar-refractivity contribution is 8.03. The summed E-state index contributed by atoms with van der Waals surface area (Å²) in [6, 6.07) is 15.7. The van der Waals surface area contributed by atoms with Gasteiger partial charge in [-0.25, -0.2) is 0 Å². The smallest absolute Gasteiger partial charge is 0.213 e. The van der Waals surface area contributed by atoms with E-state index in [-0.39, 0.29) is 0 Å². The second kappa shape index (κ2) is 7.05. The Morgan fingerprint density at radius 1 is 0.963 bits per heavy atom. The summed E-state index contributed by atoms with van der Waals surface area (Å²) in [5, 5.41) is 2.67. The molecule has 0 atom stereocenters. The van der Waals surface area contributed by atoms with E-state index >= 15 is 0 Å². The van der Waals surface area contributed by atoms with E-state index in [0.29, 0.717) is 0 Å². The molecule has 2 nitrogen and oxygen atoms in total. The molecular formula is C24H27N2S+. The molecule has 1 aromatic heterocycles. The van der Waals surface area contributed by atoms with Gasteiger partial charge in [-0.1, -0.05) is 23.9 Å². The Kier molecular flexibility index (Phi) is 4.73. The summed E-state index contributed by atoms with van der Waals surface area (Å²) in [7, 11) is 0. The van der Waals surface area contributed by atoms with Gasteiger partial charge in [0.15, 0.2) is 0 Å².